The van der Waals surface area contributed by atoms with Crippen LogP contribution in [0.3, 0.4) is 0 Å². The first-order valence-corrected chi connectivity index (χ1v) is 4.47. The number of carbonyl (C=O) groups excluding carboxylic acids is 1. The van der Waals surface area contributed by atoms with Gasteiger partial charge in [0.15, 0.2) is 0 Å². The van der Waals surface area contributed by atoms with Gasteiger partial charge in [0, 0.05) is 19.5 Å². The molecule has 0 spiro atoms. The summed E-state index contributed by atoms with van der Waals surface area (Å²) in [5.41, 5.74) is 0. The number of amides is 1. The highest BCUT2D eigenvalue weighted by Crippen LogP contribution is 2.23. The van der Waals surface area contributed by atoms with E-state index in [9.17, 15) is 9.90 Å². The lowest BCUT2D eigenvalue weighted by Gasteiger charge is -2.25. The van der Waals surface area contributed by atoms with Crippen molar-refractivity contribution < 1.29 is 9.90 Å². The second-order valence-electron chi connectivity index (χ2n) is 3.87. The van der Waals surface area contributed by atoms with Gasteiger partial charge in [-0.3, -0.25) is 4.79 Å². The summed E-state index contributed by atoms with van der Waals surface area (Å²) in [7, 11) is 0. The fourth-order valence-electron chi connectivity index (χ4n) is 1.84. The summed E-state index contributed by atoms with van der Waals surface area (Å²) in [6.07, 6.45) is 0.415. The predicted molar refractivity (Wildman–Crippen MR) is 46.6 cm³/mol. The van der Waals surface area contributed by atoms with Crippen LogP contribution in [0.15, 0.2) is 0 Å². The molecule has 0 saturated carbocycles. The molecule has 3 heteroatoms. The van der Waals surface area contributed by atoms with Gasteiger partial charge in [0.05, 0.1) is 6.10 Å². The zero-order valence-electron chi connectivity index (χ0n) is 7.95. The minimum absolute atomic E-state index is 0.0743. The Labute approximate surface area is 73.4 Å². The van der Waals surface area contributed by atoms with Crippen LogP contribution < -0.4 is 0 Å². The molecule has 0 aliphatic carbocycles. The van der Waals surface area contributed by atoms with E-state index >= 15 is 0 Å². The van der Waals surface area contributed by atoms with E-state index in [1.54, 1.807) is 11.8 Å². The van der Waals surface area contributed by atoms with Crippen LogP contribution in [0, 0.1) is 5.92 Å². The van der Waals surface area contributed by atoms with Crippen LogP contribution in [0.1, 0.15) is 27.2 Å². The first-order chi connectivity index (χ1) is 5.52. The number of β-amino-alcohol motifs (C(OH)–C–C–N with tert-alkyl or cyclic N) is 1. The van der Waals surface area contributed by atoms with Gasteiger partial charge in [0.25, 0.3) is 0 Å². The fraction of sp³-hybridized carbons (Fsp3) is 0.889. The van der Waals surface area contributed by atoms with E-state index in [0.29, 0.717) is 12.5 Å². The summed E-state index contributed by atoms with van der Waals surface area (Å²) in [4.78, 5) is 12.9. The van der Waals surface area contributed by atoms with Crippen LogP contribution in [0.5, 0.6) is 0 Å². The molecule has 1 heterocycles. The van der Waals surface area contributed by atoms with Crippen molar-refractivity contribution in [3.8, 4) is 0 Å². The van der Waals surface area contributed by atoms with E-state index in [1.165, 1.54) is 0 Å². The first-order valence-electron chi connectivity index (χ1n) is 4.47. The number of carbonyl (C=O) groups is 1. The van der Waals surface area contributed by atoms with Crippen LogP contribution in [0.4, 0.5) is 0 Å². The number of rotatable bonds is 1. The number of aliphatic hydroxyl groups excluding tert-OH is 1. The maximum absolute atomic E-state index is 11.1. The van der Waals surface area contributed by atoms with E-state index < -0.39 is 0 Å². The van der Waals surface area contributed by atoms with E-state index in [2.05, 4.69) is 13.8 Å². The molecule has 1 fully saturated rings. The Morgan fingerprint density at radius 1 is 1.58 bits per heavy atom. The molecule has 2 atom stereocenters. The molecule has 1 aliphatic heterocycles. The Morgan fingerprint density at radius 3 is 2.50 bits per heavy atom. The van der Waals surface area contributed by atoms with Gasteiger partial charge in [-0.1, -0.05) is 13.8 Å². The third kappa shape index (κ3) is 1.78. The van der Waals surface area contributed by atoms with Crippen LogP contribution in [-0.4, -0.2) is 34.6 Å². The minimum atomic E-state index is -0.318. The van der Waals surface area contributed by atoms with Gasteiger partial charge in [-0.15, -0.1) is 0 Å². The average Bonchev–Trinajstić information content (AvgIpc) is 2.31. The standard InChI is InChI=1S/C9H17NO2/c1-6(2)9-4-8(12)5-10(9)7(3)11/h6,8-9,12H,4-5H2,1-3H3/t8-,9+/m1/s1. The lowest BCUT2D eigenvalue weighted by molar-refractivity contribution is -0.130. The number of hydrogen-bond donors (Lipinski definition) is 1. The van der Waals surface area contributed by atoms with Crippen LogP contribution in [-0.2, 0) is 4.79 Å². The third-order valence-corrected chi connectivity index (χ3v) is 2.50. The van der Waals surface area contributed by atoms with E-state index in [4.69, 9.17) is 0 Å². The predicted octanol–water partition coefficient (Wildman–Crippen LogP) is 0.624. The maximum Gasteiger partial charge on any atom is 0.219 e. The topological polar surface area (TPSA) is 40.5 Å². The second-order valence-corrected chi connectivity index (χ2v) is 3.87. The van der Waals surface area contributed by atoms with E-state index in [0.717, 1.165) is 6.42 Å². The summed E-state index contributed by atoms with van der Waals surface area (Å²) in [5, 5.41) is 9.37. The van der Waals surface area contributed by atoms with Crippen molar-refractivity contribution in [2.45, 2.75) is 39.3 Å². The third-order valence-electron chi connectivity index (χ3n) is 2.50. The van der Waals surface area contributed by atoms with Crippen molar-refractivity contribution in [3.05, 3.63) is 0 Å². The monoisotopic (exact) mass is 171 g/mol. The highest BCUT2D eigenvalue weighted by Gasteiger charge is 2.34. The molecule has 12 heavy (non-hydrogen) atoms. The van der Waals surface area contributed by atoms with Crippen molar-refractivity contribution in [2.24, 2.45) is 5.92 Å². The van der Waals surface area contributed by atoms with Crippen molar-refractivity contribution >= 4 is 5.91 Å². The highest BCUT2D eigenvalue weighted by atomic mass is 16.3. The summed E-state index contributed by atoms with van der Waals surface area (Å²) >= 11 is 0. The van der Waals surface area contributed by atoms with Crippen LogP contribution >= 0.6 is 0 Å². The Hall–Kier alpha value is -0.570. The second kappa shape index (κ2) is 3.44. The molecule has 1 saturated heterocycles. The molecule has 0 aromatic rings. The molecule has 1 aliphatic rings. The smallest absolute Gasteiger partial charge is 0.219 e. The van der Waals surface area contributed by atoms with Crippen LogP contribution in [0.25, 0.3) is 0 Å². The lowest BCUT2D eigenvalue weighted by atomic mass is 10.0. The number of aliphatic hydroxyl groups is 1. The van der Waals surface area contributed by atoms with Gasteiger partial charge in [-0.05, 0) is 12.3 Å². The highest BCUT2D eigenvalue weighted by molar-refractivity contribution is 5.74. The Morgan fingerprint density at radius 2 is 2.17 bits per heavy atom. The van der Waals surface area contributed by atoms with Crippen molar-refractivity contribution in [1.29, 1.82) is 0 Å². The van der Waals surface area contributed by atoms with Gasteiger partial charge in [0.1, 0.15) is 0 Å². The van der Waals surface area contributed by atoms with Crippen molar-refractivity contribution in [3.63, 3.8) is 0 Å². The molecular weight excluding hydrogens is 154 g/mol. The van der Waals surface area contributed by atoms with E-state index in [1.807, 2.05) is 0 Å². The molecule has 70 valence electrons. The molecule has 0 unspecified atom stereocenters. The van der Waals surface area contributed by atoms with Gasteiger partial charge >= 0.3 is 0 Å². The minimum Gasteiger partial charge on any atom is -0.391 e. The molecule has 1 rings (SSSR count). The van der Waals surface area contributed by atoms with Gasteiger partial charge in [-0.25, -0.2) is 0 Å². The quantitative estimate of drug-likeness (QED) is 0.628. The molecule has 0 radical (unpaired) electrons. The molecular formula is C9H17NO2. The lowest BCUT2D eigenvalue weighted by Crippen LogP contribution is -2.37. The Bertz CT molecular complexity index is 179. The summed E-state index contributed by atoms with van der Waals surface area (Å²) in [6.45, 7) is 6.24. The number of hydrogen-bond acceptors (Lipinski definition) is 2. The largest absolute Gasteiger partial charge is 0.391 e. The zero-order chi connectivity index (χ0) is 9.30. The molecule has 1 amide bonds. The molecule has 1 N–H and O–H groups in total. The molecule has 0 aromatic carbocycles. The van der Waals surface area contributed by atoms with Crippen molar-refractivity contribution in [2.75, 3.05) is 6.54 Å². The van der Waals surface area contributed by atoms with Gasteiger partial charge < -0.3 is 10.0 Å². The summed E-state index contributed by atoms with van der Waals surface area (Å²) in [6, 6.07) is 0.234. The number of nitrogens with zero attached hydrogens (tertiary/aromatic N) is 1. The Balaban J connectivity index is 2.65. The normalized spacial score (nSPS) is 29.9. The number of likely N-dealkylation sites (tertiary alicyclic amines) is 1. The molecule has 0 bridgehead atoms. The van der Waals surface area contributed by atoms with Gasteiger partial charge in [-0.2, -0.15) is 0 Å². The van der Waals surface area contributed by atoms with E-state index in [-0.39, 0.29) is 18.1 Å². The average molecular weight is 171 g/mol. The van der Waals surface area contributed by atoms with Gasteiger partial charge in [0.2, 0.25) is 5.91 Å². The van der Waals surface area contributed by atoms with Crippen LogP contribution in [0.2, 0.25) is 0 Å². The zero-order valence-corrected chi connectivity index (χ0v) is 7.95. The Kier molecular flexibility index (Phi) is 2.73. The molecule has 3 nitrogen and oxygen atoms in total. The summed E-state index contributed by atoms with van der Waals surface area (Å²) in [5.74, 6) is 0.510. The van der Waals surface area contributed by atoms with Crippen molar-refractivity contribution in [1.82, 2.24) is 4.90 Å². The fourth-order valence-corrected chi connectivity index (χ4v) is 1.84. The SMILES string of the molecule is CC(=O)N1C[C@H](O)C[C@H]1C(C)C. The summed E-state index contributed by atoms with van der Waals surface area (Å²) < 4.78 is 0. The maximum atomic E-state index is 11.1. The molecule has 0 aromatic heterocycles. The first kappa shape index (κ1) is 9.52.